The van der Waals surface area contributed by atoms with Gasteiger partial charge in [-0.05, 0) is 43.7 Å². The number of ether oxygens (including phenoxy) is 2. The van der Waals surface area contributed by atoms with Crippen LogP contribution >= 0.6 is 0 Å². The maximum atomic E-state index is 11.8. The van der Waals surface area contributed by atoms with Gasteiger partial charge in [0, 0.05) is 11.6 Å². The monoisotopic (exact) mass is 354 g/mol. The maximum Gasteiger partial charge on any atom is 0.276 e. The zero-order chi connectivity index (χ0) is 18.9. The molecule has 0 bridgehead atoms. The fourth-order valence-electron chi connectivity index (χ4n) is 2.22. The summed E-state index contributed by atoms with van der Waals surface area (Å²) in [6.07, 6.45) is 2.94. The van der Waals surface area contributed by atoms with E-state index < -0.39 is 11.8 Å². The van der Waals surface area contributed by atoms with Gasteiger partial charge in [-0.3, -0.25) is 20.4 Å². The third-order valence-electron chi connectivity index (χ3n) is 3.58. The smallest absolute Gasteiger partial charge is 0.276 e. The summed E-state index contributed by atoms with van der Waals surface area (Å²) in [5.74, 6) is 0.372. The molecular weight excluding hydrogens is 332 g/mol. The highest BCUT2D eigenvalue weighted by Gasteiger charge is 2.06. The van der Waals surface area contributed by atoms with Gasteiger partial charge in [0.1, 0.15) is 11.5 Å². The number of carbonyl (C=O) groups excluding carboxylic acids is 2. The molecule has 136 valence electrons. The molecule has 0 radical (unpaired) electrons. The Morgan fingerprint density at radius 1 is 1.04 bits per heavy atom. The molecule has 0 fully saturated rings. The lowest BCUT2D eigenvalue weighted by Gasteiger charge is -2.09. The highest BCUT2D eigenvalue weighted by Crippen LogP contribution is 2.20. The number of methoxy groups -OCH3 is 1. The second-order valence-electron chi connectivity index (χ2n) is 5.67. The Bertz CT molecular complexity index is 815. The van der Waals surface area contributed by atoms with Gasteiger partial charge in [0.25, 0.3) is 11.8 Å². The van der Waals surface area contributed by atoms with Crippen molar-refractivity contribution in [1.29, 1.82) is 0 Å². The van der Waals surface area contributed by atoms with Crippen LogP contribution in [0.15, 0.2) is 48.5 Å². The van der Waals surface area contributed by atoms with E-state index >= 15 is 0 Å². The van der Waals surface area contributed by atoms with Crippen molar-refractivity contribution in [3.63, 3.8) is 0 Å². The largest absolute Gasteiger partial charge is 0.496 e. The summed E-state index contributed by atoms with van der Waals surface area (Å²) in [6, 6.07) is 13.0. The van der Waals surface area contributed by atoms with Crippen LogP contribution in [0.2, 0.25) is 0 Å². The number of hydrazine groups is 1. The van der Waals surface area contributed by atoms with Crippen molar-refractivity contribution < 1.29 is 19.1 Å². The lowest BCUT2D eigenvalue weighted by Crippen LogP contribution is -2.43. The zero-order valence-electron chi connectivity index (χ0n) is 15.0. The van der Waals surface area contributed by atoms with Gasteiger partial charge >= 0.3 is 0 Å². The summed E-state index contributed by atoms with van der Waals surface area (Å²) >= 11 is 0. The molecule has 0 aliphatic carbocycles. The Labute approximate surface area is 152 Å². The van der Waals surface area contributed by atoms with E-state index in [1.165, 1.54) is 6.08 Å². The van der Waals surface area contributed by atoms with Crippen LogP contribution in [-0.4, -0.2) is 25.5 Å². The van der Waals surface area contributed by atoms with Crippen LogP contribution in [0.1, 0.15) is 16.7 Å². The molecule has 0 saturated heterocycles. The predicted octanol–water partition coefficient (Wildman–Crippen LogP) is 2.55. The summed E-state index contributed by atoms with van der Waals surface area (Å²) in [7, 11) is 1.57. The lowest BCUT2D eigenvalue weighted by atomic mass is 10.1. The second kappa shape index (κ2) is 9.27. The molecule has 0 atom stereocenters. The first-order valence-corrected chi connectivity index (χ1v) is 8.09. The van der Waals surface area contributed by atoms with Crippen LogP contribution < -0.4 is 20.3 Å². The summed E-state index contributed by atoms with van der Waals surface area (Å²) in [5, 5.41) is 0. The minimum Gasteiger partial charge on any atom is -0.496 e. The van der Waals surface area contributed by atoms with E-state index in [4.69, 9.17) is 9.47 Å². The van der Waals surface area contributed by atoms with E-state index in [0.29, 0.717) is 11.5 Å². The third kappa shape index (κ3) is 5.66. The quantitative estimate of drug-likeness (QED) is 0.617. The highest BCUT2D eigenvalue weighted by molar-refractivity contribution is 5.93. The molecule has 6 heteroatoms. The number of para-hydroxylation sites is 1. The highest BCUT2D eigenvalue weighted by atomic mass is 16.5. The molecule has 2 rings (SSSR count). The number of amides is 2. The van der Waals surface area contributed by atoms with E-state index in [2.05, 4.69) is 10.9 Å². The average molecular weight is 354 g/mol. The van der Waals surface area contributed by atoms with Crippen LogP contribution in [0.3, 0.4) is 0 Å². The number of aryl methyl sites for hydroxylation is 2. The predicted molar refractivity (Wildman–Crippen MR) is 99.7 cm³/mol. The van der Waals surface area contributed by atoms with Gasteiger partial charge in [-0.25, -0.2) is 0 Å². The molecule has 0 aliphatic rings. The molecule has 0 unspecified atom stereocenters. The normalized spacial score (nSPS) is 10.4. The van der Waals surface area contributed by atoms with Gasteiger partial charge in [-0.2, -0.15) is 0 Å². The Hall–Kier alpha value is -3.28. The molecule has 0 spiro atoms. The van der Waals surface area contributed by atoms with E-state index in [1.54, 1.807) is 19.3 Å². The SMILES string of the molecule is COc1ccc(C)cc1/C=C/C(=O)NNC(=O)COc1ccccc1C. The molecule has 2 aromatic carbocycles. The Morgan fingerprint density at radius 2 is 1.81 bits per heavy atom. The van der Waals surface area contributed by atoms with E-state index in [0.717, 1.165) is 16.7 Å². The van der Waals surface area contributed by atoms with Crippen molar-refractivity contribution in [2.75, 3.05) is 13.7 Å². The first-order chi connectivity index (χ1) is 12.5. The number of hydrogen-bond acceptors (Lipinski definition) is 4. The first kappa shape index (κ1) is 19.1. The van der Waals surface area contributed by atoms with Crippen molar-refractivity contribution >= 4 is 17.9 Å². The van der Waals surface area contributed by atoms with E-state index in [-0.39, 0.29) is 6.61 Å². The van der Waals surface area contributed by atoms with Gasteiger partial charge in [0.15, 0.2) is 6.61 Å². The summed E-state index contributed by atoms with van der Waals surface area (Å²) < 4.78 is 10.7. The van der Waals surface area contributed by atoms with Crippen molar-refractivity contribution in [3.05, 3.63) is 65.2 Å². The topological polar surface area (TPSA) is 76.7 Å². The van der Waals surface area contributed by atoms with Crippen LogP contribution in [0.5, 0.6) is 11.5 Å². The third-order valence-corrected chi connectivity index (χ3v) is 3.58. The van der Waals surface area contributed by atoms with Gasteiger partial charge in [-0.15, -0.1) is 0 Å². The molecule has 2 amide bonds. The number of rotatable bonds is 6. The minimum absolute atomic E-state index is 0.194. The molecule has 0 aliphatic heterocycles. The summed E-state index contributed by atoms with van der Waals surface area (Å²) in [4.78, 5) is 23.6. The van der Waals surface area contributed by atoms with Crippen molar-refractivity contribution in [3.8, 4) is 11.5 Å². The fourth-order valence-corrected chi connectivity index (χ4v) is 2.22. The van der Waals surface area contributed by atoms with Gasteiger partial charge < -0.3 is 9.47 Å². The van der Waals surface area contributed by atoms with Crippen LogP contribution in [-0.2, 0) is 9.59 Å². The van der Waals surface area contributed by atoms with Gasteiger partial charge in [0.2, 0.25) is 0 Å². The van der Waals surface area contributed by atoms with E-state index in [1.807, 2.05) is 50.2 Å². The van der Waals surface area contributed by atoms with Crippen molar-refractivity contribution in [2.45, 2.75) is 13.8 Å². The minimum atomic E-state index is -0.460. The Kier molecular flexibility index (Phi) is 6.79. The summed E-state index contributed by atoms with van der Waals surface area (Å²) in [6.45, 7) is 3.64. The van der Waals surface area contributed by atoms with Gasteiger partial charge in [0.05, 0.1) is 7.11 Å². The van der Waals surface area contributed by atoms with Crippen LogP contribution in [0, 0.1) is 13.8 Å². The number of benzene rings is 2. The standard InChI is InChI=1S/C20H22N2O4/c1-14-8-10-18(25-3)16(12-14)9-11-19(23)21-22-20(24)13-26-17-7-5-4-6-15(17)2/h4-12H,13H2,1-3H3,(H,21,23)(H,22,24)/b11-9+. The maximum absolute atomic E-state index is 11.8. The molecule has 6 nitrogen and oxygen atoms in total. The Balaban J connectivity index is 1.82. The lowest BCUT2D eigenvalue weighted by molar-refractivity contribution is -0.128. The molecule has 2 N–H and O–H groups in total. The molecule has 0 aromatic heterocycles. The first-order valence-electron chi connectivity index (χ1n) is 8.09. The average Bonchev–Trinajstić information content (AvgIpc) is 2.64. The second-order valence-corrected chi connectivity index (χ2v) is 5.67. The molecular formula is C20H22N2O4. The number of hydrogen-bond donors (Lipinski definition) is 2. The van der Waals surface area contributed by atoms with E-state index in [9.17, 15) is 9.59 Å². The van der Waals surface area contributed by atoms with Crippen molar-refractivity contribution in [2.24, 2.45) is 0 Å². The zero-order valence-corrected chi connectivity index (χ0v) is 15.0. The number of nitrogens with one attached hydrogen (secondary N) is 2. The van der Waals surface area contributed by atoms with Crippen LogP contribution in [0.25, 0.3) is 6.08 Å². The molecule has 2 aromatic rings. The summed E-state index contributed by atoms with van der Waals surface area (Å²) in [5.41, 5.74) is 7.37. The molecule has 0 heterocycles. The van der Waals surface area contributed by atoms with Crippen LogP contribution in [0.4, 0.5) is 0 Å². The molecule has 0 saturated carbocycles. The fraction of sp³-hybridized carbons (Fsp3) is 0.200. The van der Waals surface area contributed by atoms with Gasteiger partial charge in [-0.1, -0.05) is 29.8 Å². The Morgan fingerprint density at radius 3 is 2.54 bits per heavy atom. The van der Waals surface area contributed by atoms with Crippen molar-refractivity contribution in [1.82, 2.24) is 10.9 Å². The molecule has 26 heavy (non-hydrogen) atoms. The number of carbonyl (C=O) groups is 2.